The van der Waals surface area contributed by atoms with Gasteiger partial charge < -0.3 is 4.90 Å². The summed E-state index contributed by atoms with van der Waals surface area (Å²) < 4.78 is 0. The van der Waals surface area contributed by atoms with Crippen LogP contribution in [0.25, 0.3) is 0 Å². The lowest BCUT2D eigenvalue weighted by Gasteiger charge is -2.27. The first kappa shape index (κ1) is 11.9. The number of nitrogens with zero attached hydrogens (tertiary/aromatic N) is 1. The van der Waals surface area contributed by atoms with Gasteiger partial charge in [0.05, 0.1) is 6.04 Å². The molecule has 1 aliphatic heterocycles. The third-order valence-corrected chi connectivity index (χ3v) is 3.47. The highest BCUT2D eigenvalue weighted by Gasteiger charge is 2.32. The maximum atomic E-state index is 12.0. The normalized spacial score (nSPS) is 21.6. The van der Waals surface area contributed by atoms with Crippen LogP contribution >= 0.6 is 0 Å². The van der Waals surface area contributed by atoms with Gasteiger partial charge in [0, 0.05) is 18.9 Å². The monoisotopic (exact) mass is 229 g/mol. The molecule has 2 nitrogen and oxygen atoms in total. The number of amides is 1. The summed E-state index contributed by atoms with van der Waals surface area (Å²) in [6, 6.07) is 10.5. The van der Waals surface area contributed by atoms with Crippen LogP contribution < -0.4 is 0 Å². The molecule has 0 aromatic heterocycles. The van der Waals surface area contributed by atoms with E-state index >= 15 is 0 Å². The molecular weight excluding hydrogens is 210 g/mol. The van der Waals surface area contributed by atoms with Gasteiger partial charge in [0.2, 0.25) is 5.91 Å². The van der Waals surface area contributed by atoms with Gasteiger partial charge >= 0.3 is 0 Å². The summed E-state index contributed by atoms with van der Waals surface area (Å²) in [7, 11) is 0. The van der Waals surface area contributed by atoms with Crippen LogP contribution in [-0.2, 0) is 4.79 Å². The van der Waals surface area contributed by atoms with E-state index in [9.17, 15) is 4.79 Å². The molecule has 2 unspecified atom stereocenters. The molecule has 1 aromatic rings. The number of hydrogen-bond acceptors (Lipinski definition) is 1. The number of carbonyl (C=O) groups is 1. The standard InChI is InChI=1S/C15H19NO/c1-3-12-10-15(17)16(11-12)14(4-2)13-8-6-5-7-9-13/h3,5-9,12,14H,1,4,10-11H2,2H3. The smallest absolute Gasteiger partial charge is 0.223 e. The molecular formula is C15H19NO. The van der Waals surface area contributed by atoms with Crippen molar-refractivity contribution in [2.75, 3.05) is 6.54 Å². The number of benzene rings is 1. The Kier molecular flexibility index (Phi) is 3.62. The Bertz CT molecular complexity index is 399. The quantitative estimate of drug-likeness (QED) is 0.726. The molecule has 0 radical (unpaired) electrons. The predicted molar refractivity (Wildman–Crippen MR) is 69.5 cm³/mol. The Labute approximate surface area is 103 Å². The van der Waals surface area contributed by atoms with Gasteiger partial charge in [-0.25, -0.2) is 0 Å². The zero-order chi connectivity index (χ0) is 12.3. The summed E-state index contributed by atoms with van der Waals surface area (Å²) in [5, 5.41) is 0. The summed E-state index contributed by atoms with van der Waals surface area (Å²) in [6.45, 7) is 6.74. The van der Waals surface area contributed by atoms with Gasteiger partial charge in [0.25, 0.3) is 0 Å². The Balaban J connectivity index is 2.20. The van der Waals surface area contributed by atoms with E-state index in [1.807, 2.05) is 29.2 Å². The SMILES string of the molecule is C=CC1CC(=O)N(C(CC)c2ccccc2)C1. The lowest BCUT2D eigenvalue weighted by Crippen LogP contribution is -2.29. The Morgan fingerprint density at radius 3 is 2.71 bits per heavy atom. The molecule has 2 atom stereocenters. The van der Waals surface area contributed by atoms with E-state index in [0.29, 0.717) is 12.3 Å². The second-order valence-corrected chi connectivity index (χ2v) is 4.58. The van der Waals surface area contributed by atoms with E-state index < -0.39 is 0 Å². The molecule has 1 fully saturated rings. The highest BCUT2D eigenvalue weighted by Crippen LogP contribution is 2.31. The van der Waals surface area contributed by atoms with Crippen LogP contribution in [-0.4, -0.2) is 17.4 Å². The Hall–Kier alpha value is -1.57. The molecule has 1 aliphatic rings. The van der Waals surface area contributed by atoms with Crippen LogP contribution in [0, 0.1) is 5.92 Å². The van der Waals surface area contributed by atoms with Crippen LogP contribution in [0.2, 0.25) is 0 Å². The minimum absolute atomic E-state index is 0.216. The fourth-order valence-corrected chi connectivity index (χ4v) is 2.53. The fourth-order valence-electron chi connectivity index (χ4n) is 2.53. The Morgan fingerprint density at radius 1 is 1.47 bits per heavy atom. The summed E-state index contributed by atoms with van der Waals surface area (Å²) in [6.07, 6.45) is 3.47. The molecule has 1 aromatic carbocycles. The summed E-state index contributed by atoms with van der Waals surface area (Å²) in [5.74, 6) is 0.575. The van der Waals surface area contributed by atoms with Crippen molar-refractivity contribution in [1.29, 1.82) is 0 Å². The first-order chi connectivity index (χ1) is 8.26. The number of rotatable bonds is 4. The van der Waals surface area contributed by atoms with Crippen LogP contribution in [0.5, 0.6) is 0 Å². The van der Waals surface area contributed by atoms with Crippen molar-refractivity contribution in [3.8, 4) is 0 Å². The van der Waals surface area contributed by atoms with Crippen molar-refractivity contribution < 1.29 is 4.79 Å². The van der Waals surface area contributed by atoms with Crippen molar-refractivity contribution in [2.24, 2.45) is 5.92 Å². The van der Waals surface area contributed by atoms with Crippen LogP contribution in [0.3, 0.4) is 0 Å². The van der Waals surface area contributed by atoms with E-state index in [1.54, 1.807) is 0 Å². The van der Waals surface area contributed by atoms with Gasteiger partial charge in [-0.1, -0.05) is 43.3 Å². The van der Waals surface area contributed by atoms with Gasteiger partial charge in [-0.15, -0.1) is 6.58 Å². The minimum atomic E-state index is 0.216. The van der Waals surface area contributed by atoms with E-state index in [1.165, 1.54) is 5.56 Å². The van der Waals surface area contributed by atoms with Gasteiger partial charge in [0.15, 0.2) is 0 Å². The maximum Gasteiger partial charge on any atom is 0.223 e. The molecule has 0 spiro atoms. The summed E-state index contributed by atoms with van der Waals surface area (Å²) in [4.78, 5) is 14.0. The third-order valence-electron chi connectivity index (χ3n) is 3.47. The fraction of sp³-hybridized carbons (Fsp3) is 0.400. The van der Waals surface area contributed by atoms with E-state index in [4.69, 9.17) is 0 Å². The number of hydrogen-bond donors (Lipinski definition) is 0. The van der Waals surface area contributed by atoms with Crippen molar-refractivity contribution in [3.63, 3.8) is 0 Å². The molecule has 0 saturated carbocycles. The molecule has 2 heteroatoms. The van der Waals surface area contributed by atoms with Gasteiger partial charge in [0.1, 0.15) is 0 Å². The average Bonchev–Trinajstić information content (AvgIpc) is 2.73. The Morgan fingerprint density at radius 2 is 2.18 bits per heavy atom. The van der Waals surface area contributed by atoms with Crippen molar-refractivity contribution in [2.45, 2.75) is 25.8 Å². The van der Waals surface area contributed by atoms with Gasteiger partial charge in [-0.05, 0) is 12.0 Å². The zero-order valence-corrected chi connectivity index (χ0v) is 10.3. The van der Waals surface area contributed by atoms with Crippen LogP contribution in [0.4, 0.5) is 0 Å². The average molecular weight is 229 g/mol. The first-order valence-corrected chi connectivity index (χ1v) is 6.23. The predicted octanol–water partition coefficient (Wildman–Crippen LogP) is 3.17. The molecule has 0 aliphatic carbocycles. The summed E-state index contributed by atoms with van der Waals surface area (Å²) in [5.41, 5.74) is 1.23. The molecule has 90 valence electrons. The summed E-state index contributed by atoms with van der Waals surface area (Å²) >= 11 is 0. The molecule has 17 heavy (non-hydrogen) atoms. The minimum Gasteiger partial charge on any atom is -0.335 e. The van der Waals surface area contributed by atoms with Crippen molar-refractivity contribution in [1.82, 2.24) is 4.90 Å². The zero-order valence-electron chi connectivity index (χ0n) is 10.3. The molecule has 1 saturated heterocycles. The number of likely N-dealkylation sites (tertiary alicyclic amines) is 1. The van der Waals surface area contributed by atoms with Crippen LogP contribution in [0.1, 0.15) is 31.4 Å². The van der Waals surface area contributed by atoms with E-state index in [2.05, 4.69) is 25.6 Å². The highest BCUT2D eigenvalue weighted by molar-refractivity contribution is 5.79. The first-order valence-electron chi connectivity index (χ1n) is 6.23. The van der Waals surface area contributed by atoms with E-state index in [-0.39, 0.29) is 11.9 Å². The molecule has 0 bridgehead atoms. The lowest BCUT2D eigenvalue weighted by molar-refractivity contribution is -0.129. The van der Waals surface area contributed by atoms with Gasteiger partial charge in [-0.2, -0.15) is 0 Å². The highest BCUT2D eigenvalue weighted by atomic mass is 16.2. The van der Waals surface area contributed by atoms with Crippen molar-refractivity contribution in [3.05, 3.63) is 48.6 Å². The molecule has 1 amide bonds. The van der Waals surface area contributed by atoms with E-state index in [0.717, 1.165) is 13.0 Å². The van der Waals surface area contributed by atoms with Gasteiger partial charge in [-0.3, -0.25) is 4.79 Å². The molecule has 1 heterocycles. The largest absolute Gasteiger partial charge is 0.335 e. The second-order valence-electron chi connectivity index (χ2n) is 4.58. The second kappa shape index (κ2) is 5.17. The lowest BCUT2D eigenvalue weighted by atomic mass is 10.0. The molecule has 0 N–H and O–H groups in total. The number of carbonyl (C=O) groups excluding carboxylic acids is 1. The molecule has 2 rings (SSSR count). The van der Waals surface area contributed by atoms with Crippen molar-refractivity contribution >= 4 is 5.91 Å². The van der Waals surface area contributed by atoms with Crippen LogP contribution in [0.15, 0.2) is 43.0 Å². The topological polar surface area (TPSA) is 20.3 Å². The maximum absolute atomic E-state index is 12.0. The third kappa shape index (κ3) is 2.41.